The highest BCUT2D eigenvalue weighted by Gasteiger charge is 2.52. The summed E-state index contributed by atoms with van der Waals surface area (Å²) < 4.78 is 47.1. The third-order valence-electron chi connectivity index (χ3n) is 3.11. The number of sulfone groups is 1. The second-order valence-electron chi connectivity index (χ2n) is 4.52. The Bertz CT molecular complexity index is 537. The number of carboxylic acid groups (broad SMARTS) is 1. The molecule has 0 aromatic heterocycles. The monoisotopic (exact) mass is 299 g/mol. The molecular formula is C9H17NO6S2. The highest BCUT2D eigenvalue weighted by atomic mass is 32.3. The van der Waals surface area contributed by atoms with Gasteiger partial charge in [0.05, 0.1) is 0 Å². The highest BCUT2D eigenvalue weighted by molar-refractivity contribution is 8.06. The van der Waals surface area contributed by atoms with E-state index in [2.05, 4.69) is 0 Å². The third-order valence-corrected chi connectivity index (χ3v) is 7.22. The third kappa shape index (κ3) is 2.83. The minimum Gasteiger partial charge on any atom is -0.480 e. The molecule has 1 heterocycles. The van der Waals surface area contributed by atoms with Gasteiger partial charge in [-0.05, 0) is 19.3 Å². The summed E-state index contributed by atoms with van der Waals surface area (Å²) in [7, 11) is -7.84. The molecule has 7 nitrogen and oxygen atoms in total. The molecule has 0 aromatic rings. The summed E-state index contributed by atoms with van der Waals surface area (Å²) in [6.07, 6.45) is 1.56. The molecule has 0 spiro atoms. The van der Waals surface area contributed by atoms with Crippen molar-refractivity contribution in [1.29, 1.82) is 0 Å². The van der Waals surface area contributed by atoms with Crippen LogP contribution >= 0.6 is 0 Å². The summed E-state index contributed by atoms with van der Waals surface area (Å²) in [6, 6.07) is 0. The summed E-state index contributed by atoms with van der Waals surface area (Å²) in [6.45, 7) is 1.64. The van der Waals surface area contributed by atoms with Gasteiger partial charge in [0.1, 0.15) is 5.54 Å². The summed E-state index contributed by atoms with van der Waals surface area (Å²) in [5, 5.41) is 8.19. The topological polar surface area (TPSA) is 109 Å². The van der Waals surface area contributed by atoms with Crippen LogP contribution in [0.2, 0.25) is 0 Å². The van der Waals surface area contributed by atoms with Gasteiger partial charge in [-0.15, -0.1) is 0 Å². The van der Waals surface area contributed by atoms with Crippen LogP contribution in [0.4, 0.5) is 0 Å². The van der Waals surface area contributed by atoms with Gasteiger partial charge in [-0.3, -0.25) is 4.79 Å². The van der Waals surface area contributed by atoms with E-state index in [-0.39, 0.29) is 19.4 Å². The number of nitrogens with zero attached hydrogens (tertiary/aromatic N) is 1. The number of hydrogen-bond donors (Lipinski definition) is 1. The van der Waals surface area contributed by atoms with Crippen LogP contribution in [-0.2, 0) is 24.7 Å². The lowest BCUT2D eigenvalue weighted by Crippen LogP contribution is -2.53. The lowest BCUT2D eigenvalue weighted by Gasteiger charge is -2.32. The molecule has 0 bridgehead atoms. The van der Waals surface area contributed by atoms with E-state index in [1.54, 1.807) is 6.92 Å². The molecule has 1 fully saturated rings. The molecule has 0 saturated carbocycles. The fourth-order valence-electron chi connectivity index (χ4n) is 2.31. The molecule has 0 aromatic carbocycles. The van der Waals surface area contributed by atoms with Crippen molar-refractivity contribution in [2.45, 2.75) is 31.7 Å². The van der Waals surface area contributed by atoms with Crippen molar-refractivity contribution in [1.82, 2.24) is 4.31 Å². The van der Waals surface area contributed by atoms with Crippen LogP contribution in [0.25, 0.3) is 0 Å². The Kier molecular flexibility index (Phi) is 4.09. The summed E-state index contributed by atoms with van der Waals surface area (Å²) in [5.41, 5.74) is -1.50. The average Bonchev–Trinajstić information content (AvgIpc) is 2.58. The molecule has 1 rings (SSSR count). The highest BCUT2D eigenvalue weighted by Crippen LogP contribution is 2.35. The molecular weight excluding hydrogens is 282 g/mol. The van der Waals surface area contributed by atoms with E-state index in [1.807, 2.05) is 0 Å². The normalized spacial score (nSPS) is 26.3. The molecule has 106 valence electrons. The van der Waals surface area contributed by atoms with Crippen LogP contribution in [0.1, 0.15) is 26.2 Å². The van der Waals surface area contributed by atoms with Crippen molar-refractivity contribution in [3.8, 4) is 0 Å². The minimum atomic E-state index is -4.12. The number of rotatable bonds is 5. The maximum absolute atomic E-state index is 12.0. The number of hydrogen-bond acceptors (Lipinski definition) is 5. The quantitative estimate of drug-likeness (QED) is 0.743. The minimum absolute atomic E-state index is 0.0536. The van der Waals surface area contributed by atoms with Crippen LogP contribution in [-0.4, -0.2) is 55.6 Å². The maximum Gasteiger partial charge on any atom is 0.325 e. The zero-order valence-electron chi connectivity index (χ0n) is 10.3. The molecule has 1 aliphatic heterocycles. The van der Waals surface area contributed by atoms with Gasteiger partial charge >= 0.3 is 5.97 Å². The fourth-order valence-corrected chi connectivity index (χ4v) is 6.22. The van der Waals surface area contributed by atoms with Crippen LogP contribution in [0.5, 0.6) is 0 Å². The summed E-state index contributed by atoms with van der Waals surface area (Å²) in [5.74, 6) is -1.22. The first-order chi connectivity index (χ1) is 8.05. The van der Waals surface area contributed by atoms with Gasteiger partial charge in [0.2, 0.25) is 10.0 Å². The molecule has 9 heteroatoms. The molecule has 0 aliphatic carbocycles. The molecule has 1 saturated heterocycles. The Hall–Kier alpha value is -0.670. The van der Waals surface area contributed by atoms with E-state index in [1.165, 1.54) is 0 Å². The van der Waals surface area contributed by atoms with E-state index in [0.29, 0.717) is 6.42 Å². The van der Waals surface area contributed by atoms with Gasteiger partial charge in [0.15, 0.2) is 14.9 Å². The van der Waals surface area contributed by atoms with Crippen LogP contribution in [0, 0.1) is 0 Å². The van der Waals surface area contributed by atoms with E-state index in [9.17, 15) is 26.7 Å². The Morgan fingerprint density at radius 3 is 2.28 bits per heavy atom. The second kappa shape index (κ2) is 4.78. The van der Waals surface area contributed by atoms with Gasteiger partial charge in [-0.25, -0.2) is 16.8 Å². The number of sulfonamides is 1. The van der Waals surface area contributed by atoms with E-state index in [0.717, 1.165) is 10.6 Å². The van der Waals surface area contributed by atoms with Crippen LogP contribution in [0.15, 0.2) is 0 Å². The van der Waals surface area contributed by atoms with E-state index in [4.69, 9.17) is 0 Å². The Labute approximate surface area is 107 Å². The Balaban J connectivity index is 3.19. The van der Waals surface area contributed by atoms with Gasteiger partial charge in [0.25, 0.3) is 0 Å². The Morgan fingerprint density at radius 1 is 1.33 bits per heavy atom. The molecule has 1 unspecified atom stereocenters. The predicted octanol–water partition coefficient (Wildman–Crippen LogP) is -0.352. The Morgan fingerprint density at radius 2 is 1.89 bits per heavy atom. The SMILES string of the molecule is CCC1(C(=O)O)CCCN1S(=O)(=O)CS(C)(=O)=O. The standard InChI is InChI=1S/C9H17NO6S2/c1-3-9(8(11)12)5-4-6-10(9)18(15,16)7-17(2,13)14/h3-7H2,1-2H3,(H,11,12). The zero-order valence-corrected chi connectivity index (χ0v) is 11.9. The molecule has 1 atom stereocenters. The smallest absolute Gasteiger partial charge is 0.325 e. The first-order valence-corrected chi connectivity index (χ1v) is 9.14. The maximum atomic E-state index is 12.0. The second-order valence-corrected chi connectivity index (χ2v) is 8.92. The van der Waals surface area contributed by atoms with Crippen LogP contribution in [0.3, 0.4) is 0 Å². The lowest BCUT2D eigenvalue weighted by molar-refractivity contribution is -0.147. The van der Waals surface area contributed by atoms with Crippen molar-refractivity contribution in [3.63, 3.8) is 0 Å². The van der Waals surface area contributed by atoms with Crippen molar-refractivity contribution < 1.29 is 26.7 Å². The number of carbonyl (C=O) groups is 1. The molecule has 1 aliphatic rings. The van der Waals surface area contributed by atoms with Crippen molar-refractivity contribution in [3.05, 3.63) is 0 Å². The molecule has 0 radical (unpaired) electrons. The number of carboxylic acids is 1. The largest absolute Gasteiger partial charge is 0.480 e. The van der Waals surface area contributed by atoms with Gasteiger partial charge in [-0.1, -0.05) is 6.92 Å². The molecule has 1 N–H and O–H groups in total. The van der Waals surface area contributed by atoms with Crippen molar-refractivity contribution in [2.24, 2.45) is 0 Å². The van der Waals surface area contributed by atoms with Crippen LogP contribution < -0.4 is 0 Å². The first kappa shape index (κ1) is 15.4. The fraction of sp³-hybridized carbons (Fsp3) is 0.889. The van der Waals surface area contributed by atoms with Crippen molar-refractivity contribution in [2.75, 3.05) is 17.9 Å². The lowest BCUT2D eigenvalue weighted by atomic mass is 9.95. The van der Waals surface area contributed by atoms with Gasteiger partial charge in [-0.2, -0.15) is 4.31 Å². The predicted molar refractivity (Wildman–Crippen MR) is 65.2 cm³/mol. The van der Waals surface area contributed by atoms with Gasteiger partial charge < -0.3 is 5.11 Å². The average molecular weight is 299 g/mol. The van der Waals surface area contributed by atoms with E-state index >= 15 is 0 Å². The summed E-state index contributed by atoms with van der Waals surface area (Å²) in [4.78, 5) is 11.3. The first-order valence-electron chi connectivity index (χ1n) is 5.47. The molecule has 0 amide bonds. The zero-order chi connectivity index (χ0) is 14.2. The van der Waals surface area contributed by atoms with Crippen molar-refractivity contribution >= 4 is 25.8 Å². The van der Waals surface area contributed by atoms with Gasteiger partial charge in [0, 0.05) is 12.8 Å². The van der Waals surface area contributed by atoms with E-state index < -0.39 is 36.5 Å². The molecule has 18 heavy (non-hydrogen) atoms. The number of aliphatic carboxylic acids is 1. The summed E-state index contributed by atoms with van der Waals surface area (Å²) >= 11 is 0.